The first kappa shape index (κ1) is 14.3. The molecule has 3 rings (SSSR count). The van der Waals surface area contributed by atoms with Crippen LogP contribution in [0.5, 0.6) is 0 Å². The summed E-state index contributed by atoms with van der Waals surface area (Å²) in [6.07, 6.45) is 0. The first-order valence-corrected chi connectivity index (χ1v) is 7.96. The van der Waals surface area contributed by atoms with Gasteiger partial charge in [-0.15, -0.1) is 0 Å². The third kappa shape index (κ3) is 3.03. The fourth-order valence-electron chi connectivity index (χ4n) is 2.52. The molecule has 0 aliphatic carbocycles. The van der Waals surface area contributed by atoms with Gasteiger partial charge in [0.1, 0.15) is 0 Å². The molecule has 0 saturated heterocycles. The summed E-state index contributed by atoms with van der Waals surface area (Å²) < 4.78 is 1.22. The largest absolute Gasteiger partial charge is 0.323 e. The average molecular weight is 393 g/mol. The molecule has 0 fully saturated rings. The van der Waals surface area contributed by atoms with Crippen LogP contribution in [0.25, 0.3) is 11.0 Å². The molecule has 3 N–H and O–H groups in total. The zero-order chi connectivity index (χ0) is 14.8. The lowest BCUT2D eigenvalue weighted by atomic mass is 9.98. The van der Waals surface area contributed by atoms with Crippen molar-refractivity contribution < 1.29 is 0 Å². The number of imidazole rings is 1. The number of fused-ring (bicyclic) bond motifs is 1. The molecule has 1 unspecified atom stereocenters. The van der Waals surface area contributed by atoms with E-state index in [1.807, 2.05) is 12.1 Å². The van der Waals surface area contributed by atoms with E-state index in [-0.39, 0.29) is 11.7 Å². The maximum atomic E-state index is 11.4. The summed E-state index contributed by atoms with van der Waals surface area (Å²) in [6, 6.07) is 14.6. The molecule has 0 amide bonds. The van der Waals surface area contributed by atoms with Crippen LogP contribution in [0.4, 0.5) is 0 Å². The number of halogens is 1. The number of hydrogen-bond donors (Lipinski definition) is 3. The fourth-order valence-corrected chi connectivity index (χ4v) is 2.88. The van der Waals surface area contributed by atoms with Gasteiger partial charge in [0.15, 0.2) is 0 Å². The van der Waals surface area contributed by atoms with Gasteiger partial charge < -0.3 is 15.3 Å². The van der Waals surface area contributed by atoms with Gasteiger partial charge >= 0.3 is 5.69 Å². The van der Waals surface area contributed by atoms with Crippen LogP contribution in [0.2, 0.25) is 0 Å². The van der Waals surface area contributed by atoms with Gasteiger partial charge in [-0.25, -0.2) is 4.79 Å². The molecule has 21 heavy (non-hydrogen) atoms. The highest BCUT2D eigenvalue weighted by Gasteiger charge is 2.13. The molecule has 2 aromatic carbocycles. The van der Waals surface area contributed by atoms with Crippen molar-refractivity contribution in [2.24, 2.45) is 0 Å². The lowest BCUT2D eigenvalue weighted by molar-refractivity contribution is 0.631. The predicted octanol–water partition coefficient (Wildman–Crippen LogP) is 3.16. The molecule has 1 heterocycles. The van der Waals surface area contributed by atoms with Crippen molar-refractivity contribution in [3.8, 4) is 0 Å². The number of aromatic amines is 2. The summed E-state index contributed by atoms with van der Waals surface area (Å²) in [5.41, 5.74) is 3.86. The van der Waals surface area contributed by atoms with Gasteiger partial charge in [-0.2, -0.15) is 0 Å². The zero-order valence-corrected chi connectivity index (χ0v) is 13.8. The Kier molecular flexibility index (Phi) is 4.12. The van der Waals surface area contributed by atoms with Gasteiger partial charge in [0.2, 0.25) is 0 Å². The van der Waals surface area contributed by atoms with E-state index in [0.29, 0.717) is 0 Å². The van der Waals surface area contributed by atoms with E-state index in [4.69, 9.17) is 0 Å². The quantitative estimate of drug-likeness (QED) is 0.597. The molecule has 4 nitrogen and oxygen atoms in total. The summed E-state index contributed by atoms with van der Waals surface area (Å²) in [5.74, 6) is 0. The SMILES string of the molecule is CCNC(c1ccc(I)cc1)c1ccc2[nH]c(=O)[nH]c2c1. The monoisotopic (exact) mass is 393 g/mol. The maximum absolute atomic E-state index is 11.4. The van der Waals surface area contributed by atoms with Crippen LogP contribution in [0.1, 0.15) is 24.1 Å². The summed E-state index contributed by atoms with van der Waals surface area (Å²) in [5, 5.41) is 3.50. The number of hydrogen-bond acceptors (Lipinski definition) is 2. The molecular weight excluding hydrogens is 377 g/mol. The molecule has 0 spiro atoms. The van der Waals surface area contributed by atoms with Crippen molar-refractivity contribution in [3.05, 3.63) is 67.6 Å². The van der Waals surface area contributed by atoms with E-state index < -0.39 is 0 Å². The van der Waals surface area contributed by atoms with Crippen LogP contribution in [0, 0.1) is 3.57 Å². The molecule has 0 aliphatic heterocycles. The van der Waals surface area contributed by atoms with Crippen molar-refractivity contribution in [2.45, 2.75) is 13.0 Å². The zero-order valence-electron chi connectivity index (χ0n) is 11.6. The van der Waals surface area contributed by atoms with Crippen molar-refractivity contribution in [3.63, 3.8) is 0 Å². The van der Waals surface area contributed by atoms with Gasteiger partial charge in [-0.05, 0) is 64.5 Å². The molecule has 1 atom stereocenters. The molecule has 5 heteroatoms. The van der Waals surface area contributed by atoms with Crippen LogP contribution in [-0.4, -0.2) is 16.5 Å². The summed E-state index contributed by atoms with van der Waals surface area (Å²) in [7, 11) is 0. The summed E-state index contributed by atoms with van der Waals surface area (Å²) >= 11 is 2.31. The standard InChI is InChI=1S/C16H16IN3O/c1-2-18-15(10-3-6-12(17)7-4-10)11-5-8-13-14(9-11)20-16(21)19-13/h3-9,15,18H,2H2,1H3,(H2,19,20,21). The molecule has 0 aliphatic rings. The van der Waals surface area contributed by atoms with Gasteiger partial charge in [0.25, 0.3) is 0 Å². The molecule has 3 aromatic rings. The Morgan fingerprint density at radius 2 is 1.71 bits per heavy atom. The first-order valence-electron chi connectivity index (χ1n) is 6.88. The number of H-pyrrole nitrogens is 2. The van der Waals surface area contributed by atoms with Crippen LogP contribution in [0.15, 0.2) is 47.3 Å². The van der Waals surface area contributed by atoms with E-state index in [1.165, 1.54) is 9.13 Å². The molecule has 0 saturated carbocycles. The van der Waals surface area contributed by atoms with Crippen LogP contribution in [0.3, 0.4) is 0 Å². The van der Waals surface area contributed by atoms with Gasteiger partial charge in [0, 0.05) is 3.57 Å². The topological polar surface area (TPSA) is 60.7 Å². The minimum Gasteiger partial charge on any atom is -0.307 e. The highest BCUT2D eigenvalue weighted by Crippen LogP contribution is 2.24. The lowest BCUT2D eigenvalue weighted by Crippen LogP contribution is -2.21. The Morgan fingerprint density at radius 3 is 2.43 bits per heavy atom. The predicted molar refractivity (Wildman–Crippen MR) is 93.6 cm³/mol. The highest BCUT2D eigenvalue weighted by atomic mass is 127. The lowest BCUT2D eigenvalue weighted by Gasteiger charge is -2.19. The minimum atomic E-state index is -0.170. The Bertz CT molecular complexity index is 804. The van der Waals surface area contributed by atoms with Gasteiger partial charge in [-0.1, -0.05) is 25.1 Å². The number of benzene rings is 2. The summed E-state index contributed by atoms with van der Waals surface area (Å²) in [4.78, 5) is 17.0. The van der Waals surface area contributed by atoms with Crippen molar-refractivity contribution in [2.75, 3.05) is 6.54 Å². The van der Waals surface area contributed by atoms with Crippen LogP contribution >= 0.6 is 22.6 Å². The number of rotatable bonds is 4. The molecule has 1 aromatic heterocycles. The van der Waals surface area contributed by atoms with E-state index in [2.05, 4.69) is 75.1 Å². The molecule has 0 radical (unpaired) electrons. The fraction of sp³-hybridized carbons (Fsp3) is 0.188. The Hall–Kier alpha value is -1.60. The van der Waals surface area contributed by atoms with E-state index >= 15 is 0 Å². The molecule has 108 valence electrons. The minimum absolute atomic E-state index is 0.120. The van der Waals surface area contributed by atoms with Crippen molar-refractivity contribution >= 4 is 33.6 Å². The van der Waals surface area contributed by atoms with Gasteiger partial charge in [0.05, 0.1) is 17.1 Å². The third-order valence-corrected chi connectivity index (χ3v) is 4.20. The van der Waals surface area contributed by atoms with Crippen molar-refractivity contribution in [1.82, 2.24) is 15.3 Å². The smallest absolute Gasteiger partial charge is 0.307 e. The van der Waals surface area contributed by atoms with E-state index in [9.17, 15) is 4.79 Å². The second-order valence-corrected chi connectivity index (χ2v) is 6.17. The Labute approximate surface area is 136 Å². The maximum Gasteiger partial charge on any atom is 0.323 e. The second-order valence-electron chi connectivity index (χ2n) is 4.93. The Morgan fingerprint density at radius 1 is 1.05 bits per heavy atom. The summed E-state index contributed by atoms with van der Waals surface area (Å²) in [6.45, 7) is 2.97. The number of nitrogens with one attached hydrogen (secondary N) is 3. The van der Waals surface area contributed by atoms with Crippen molar-refractivity contribution in [1.29, 1.82) is 0 Å². The van der Waals surface area contributed by atoms with Crippen LogP contribution < -0.4 is 11.0 Å². The average Bonchev–Trinajstić information content (AvgIpc) is 2.85. The molecule has 0 bridgehead atoms. The highest BCUT2D eigenvalue weighted by molar-refractivity contribution is 14.1. The first-order chi connectivity index (χ1) is 10.2. The van der Waals surface area contributed by atoms with Gasteiger partial charge in [-0.3, -0.25) is 0 Å². The van der Waals surface area contributed by atoms with Crippen LogP contribution in [-0.2, 0) is 0 Å². The third-order valence-electron chi connectivity index (χ3n) is 3.48. The second kappa shape index (κ2) is 6.03. The molecular formula is C16H16IN3O. The Balaban J connectivity index is 2.05. The van der Waals surface area contributed by atoms with E-state index in [1.54, 1.807) is 0 Å². The number of aromatic nitrogens is 2. The normalized spacial score (nSPS) is 12.7. The van der Waals surface area contributed by atoms with E-state index in [0.717, 1.165) is 23.1 Å².